The topological polar surface area (TPSA) is 20.3 Å². The van der Waals surface area contributed by atoms with Crippen molar-refractivity contribution in [1.82, 2.24) is 4.90 Å². The van der Waals surface area contributed by atoms with Gasteiger partial charge in [0.2, 0.25) is 5.91 Å². The van der Waals surface area contributed by atoms with Gasteiger partial charge in [-0.05, 0) is 25.3 Å². The molecule has 1 aliphatic heterocycles. The van der Waals surface area contributed by atoms with E-state index in [0.717, 1.165) is 30.3 Å². The molecule has 3 heteroatoms. The van der Waals surface area contributed by atoms with Gasteiger partial charge in [0.1, 0.15) is 0 Å². The molecule has 0 aliphatic carbocycles. The van der Waals surface area contributed by atoms with E-state index in [9.17, 15) is 4.79 Å². The summed E-state index contributed by atoms with van der Waals surface area (Å²) in [6.07, 6.45) is 2.80. The number of aryl methyl sites for hydroxylation is 1. The second-order valence-electron chi connectivity index (χ2n) is 4.70. The highest BCUT2D eigenvalue weighted by molar-refractivity contribution is 9.09. The van der Waals surface area contributed by atoms with Gasteiger partial charge in [-0.25, -0.2) is 0 Å². The summed E-state index contributed by atoms with van der Waals surface area (Å²) in [6.45, 7) is 2.98. The number of halogens is 1. The number of rotatable bonds is 3. The van der Waals surface area contributed by atoms with Gasteiger partial charge in [0, 0.05) is 17.9 Å². The zero-order valence-corrected chi connectivity index (χ0v) is 11.7. The Balaban J connectivity index is 1.99. The van der Waals surface area contributed by atoms with Gasteiger partial charge in [0.15, 0.2) is 0 Å². The van der Waals surface area contributed by atoms with E-state index in [1.807, 2.05) is 17.0 Å². The van der Waals surface area contributed by atoms with E-state index in [-0.39, 0.29) is 5.91 Å². The molecule has 1 amide bonds. The fourth-order valence-electron chi connectivity index (χ4n) is 2.31. The summed E-state index contributed by atoms with van der Waals surface area (Å²) in [7, 11) is 0. The number of carbonyl (C=O) groups is 1. The van der Waals surface area contributed by atoms with Crippen molar-refractivity contribution < 1.29 is 4.79 Å². The lowest BCUT2D eigenvalue weighted by atomic mass is 10.1. The van der Waals surface area contributed by atoms with Crippen molar-refractivity contribution in [3.8, 4) is 0 Å². The first kappa shape index (κ1) is 12.6. The minimum Gasteiger partial charge on any atom is -0.339 e. The van der Waals surface area contributed by atoms with Crippen molar-refractivity contribution in [3.05, 3.63) is 35.4 Å². The molecule has 92 valence electrons. The van der Waals surface area contributed by atoms with Crippen LogP contribution in [0.3, 0.4) is 0 Å². The van der Waals surface area contributed by atoms with Gasteiger partial charge < -0.3 is 4.90 Å². The molecule has 1 aromatic carbocycles. The molecular weight excluding hydrogens is 278 g/mol. The van der Waals surface area contributed by atoms with E-state index < -0.39 is 0 Å². The van der Waals surface area contributed by atoms with Gasteiger partial charge in [0.25, 0.3) is 0 Å². The van der Waals surface area contributed by atoms with Crippen molar-refractivity contribution in [2.24, 2.45) is 0 Å². The van der Waals surface area contributed by atoms with Crippen molar-refractivity contribution in [3.63, 3.8) is 0 Å². The molecule has 0 aromatic heterocycles. The quantitative estimate of drug-likeness (QED) is 0.785. The minimum absolute atomic E-state index is 0.260. The van der Waals surface area contributed by atoms with Crippen LogP contribution in [0.25, 0.3) is 0 Å². The maximum atomic E-state index is 12.2. The Labute approximate surface area is 111 Å². The average Bonchev–Trinajstić information content (AvgIpc) is 2.80. The van der Waals surface area contributed by atoms with E-state index in [2.05, 4.69) is 35.0 Å². The maximum absolute atomic E-state index is 12.2. The third-order valence-electron chi connectivity index (χ3n) is 3.35. The highest BCUT2D eigenvalue weighted by atomic mass is 79.9. The third-order valence-corrected chi connectivity index (χ3v) is 4.10. The standard InChI is InChI=1S/C14H18BrNO/c1-11-4-6-12(7-5-11)9-14(17)16-8-2-3-13(16)10-15/h4-7,13H,2-3,8-10H2,1H3. The van der Waals surface area contributed by atoms with Crippen LogP contribution in [-0.4, -0.2) is 28.7 Å². The Kier molecular flexibility index (Phi) is 4.21. The number of nitrogens with zero attached hydrogens (tertiary/aromatic N) is 1. The molecule has 1 saturated heterocycles. The summed E-state index contributed by atoms with van der Waals surface area (Å²) in [5, 5.41) is 0.895. The second-order valence-corrected chi connectivity index (χ2v) is 5.35. The SMILES string of the molecule is Cc1ccc(CC(=O)N2CCCC2CBr)cc1. The molecule has 1 unspecified atom stereocenters. The van der Waals surface area contributed by atoms with E-state index in [1.165, 1.54) is 5.56 Å². The van der Waals surface area contributed by atoms with E-state index >= 15 is 0 Å². The molecule has 2 rings (SSSR count). The largest absolute Gasteiger partial charge is 0.339 e. The van der Waals surface area contributed by atoms with Gasteiger partial charge in [-0.1, -0.05) is 45.8 Å². The Morgan fingerprint density at radius 2 is 2.12 bits per heavy atom. The summed E-state index contributed by atoms with van der Waals surface area (Å²) < 4.78 is 0. The first-order chi connectivity index (χ1) is 8.20. The van der Waals surface area contributed by atoms with Crippen molar-refractivity contribution in [2.75, 3.05) is 11.9 Å². The van der Waals surface area contributed by atoms with Crippen LogP contribution in [0.2, 0.25) is 0 Å². The molecule has 0 spiro atoms. The average molecular weight is 296 g/mol. The zero-order chi connectivity index (χ0) is 12.3. The van der Waals surface area contributed by atoms with Crippen LogP contribution in [0.4, 0.5) is 0 Å². The van der Waals surface area contributed by atoms with E-state index in [4.69, 9.17) is 0 Å². The monoisotopic (exact) mass is 295 g/mol. The molecule has 0 saturated carbocycles. The highest BCUT2D eigenvalue weighted by Gasteiger charge is 2.27. The summed E-state index contributed by atoms with van der Waals surface area (Å²) in [4.78, 5) is 14.2. The molecule has 1 heterocycles. The number of amides is 1. The van der Waals surface area contributed by atoms with Crippen molar-refractivity contribution in [2.45, 2.75) is 32.2 Å². The predicted molar refractivity (Wildman–Crippen MR) is 73.4 cm³/mol. The second kappa shape index (κ2) is 5.67. The zero-order valence-electron chi connectivity index (χ0n) is 10.2. The molecule has 17 heavy (non-hydrogen) atoms. The van der Waals surface area contributed by atoms with Crippen molar-refractivity contribution >= 4 is 21.8 Å². The number of carbonyl (C=O) groups excluding carboxylic acids is 1. The highest BCUT2D eigenvalue weighted by Crippen LogP contribution is 2.20. The fraction of sp³-hybridized carbons (Fsp3) is 0.500. The number of alkyl halides is 1. The van der Waals surface area contributed by atoms with Gasteiger partial charge in [-0.2, -0.15) is 0 Å². The van der Waals surface area contributed by atoms with Crippen LogP contribution in [0.15, 0.2) is 24.3 Å². The lowest BCUT2D eigenvalue weighted by molar-refractivity contribution is -0.130. The van der Waals surface area contributed by atoms with Crippen LogP contribution in [0, 0.1) is 6.92 Å². The summed E-state index contributed by atoms with van der Waals surface area (Å²) in [5.74, 6) is 0.260. The van der Waals surface area contributed by atoms with Gasteiger partial charge in [-0.3, -0.25) is 4.79 Å². The third kappa shape index (κ3) is 3.09. The molecule has 0 bridgehead atoms. The predicted octanol–water partition coefficient (Wildman–Crippen LogP) is 2.92. The Hall–Kier alpha value is -0.830. The lowest BCUT2D eigenvalue weighted by Gasteiger charge is -2.23. The van der Waals surface area contributed by atoms with Gasteiger partial charge in [-0.15, -0.1) is 0 Å². The molecule has 1 atom stereocenters. The fourth-order valence-corrected chi connectivity index (χ4v) is 2.98. The number of likely N-dealkylation sites (tertiary alicyclic amines) is 1. The van der Waals surface area contributed by atoms with E-state index in [1.54, 1.807) is 0 Å². The van der Waals surface area contributed by atoms with Gasteiger partial charge >= 0.3 is 0 Å². The molecule has 1 aromatic rings. The Morgan fingerprint density at radius 1 is 1.41 bits per heavy atom. The Morgan fingerprint density at radius 3 is 2.76 bits per heavy atom. The molecular formula is C14H18BrNO. The van der Waals surface area contributed by atoms with Crippen LogP contribution in [-0.2, 0) is 11.2 Å². The lowest BCUT2D eigenvalue weighted by Crippen LogP contribution is -2.37. The van der Waals surface area contributed by atoms with Crippen LogP contribution in [0.5, 0.6) is 0 Å². The van der Waals surface area contributed by atoms with Gasteiger partial charge in [0.05, 0.1) is 6.42 Å². The summed E-state index contributed by atoms with van der Waals surface area (Å²) in [6, 6.07) is 8.62. The molecule has 0 radical (unpaired) electrons. The minimum atomic E-state index is 0.260. The molecule has 2 nitrogen and oxygen atoms in total. The first-order valence-corrected chi connectivity index (χ1v) is 7.24. The number of benzene rings is 1. The first-order valence-electron chi connectivity index (χ1n) is 6.11. The smallest absolute Gasteiger partial charge is 0.227 e. The van der Waals surface area contributed by atoms with Crippen LogP contribution < -0.4 is 0 Å². The normalized spacial score (nSPS) is 19.6. The number of hydrogen-bond donors (Lipinski definition) is 0. The molecule has 1 aliphatic rings. The van der Waals surface area contributed by atoms with E-state index in [0.29, 0.717) is 12.5 Å². The molecule has 1 fully saturated rings. The summed E-state index contributed by atoms with van der Waals surface area (Å²) in [5.41, 5.74) is 2.35. The maximum Gasteiger partial charge on any atom is 0.227 e. The van der Waals surface area contributed by atoms with Crippen molar-refractivity contribution in [1.29, 1.82) is 0 Å². The van der Waals surface area contributed by atoms with Crippen LogP contribution >= 0.6 is 15.9 Å². The molecule has 0 N–H and O–H groups in total. The number of hydrogen-bond acceptors (Lipinski definition) is 1. The Bertz CT molecular complexity index is 388. The van der Waals surface area contributed by atoms with Crippen LogP contribution in [0.1, 0.15) is 24.0 Å². The summed E-state index contributed by atoms with van der Waals surface area (Å²) >= 11 is 3.49.